The van der Waals surface area contributed by atoms with Crippen LogP contribution in [-0.4, -0.2) is 10.9 Å². The highest BCUT2D eigenvalue weighted by molar-refractivity contribution is 6.34. The molecule has 2 N–H and O–H groups in total. The summed E-state index contributed by atoms with van der Waals surface area (Å²) in [6, 6.07) is 19.5. The minimum absolute atomic E-state index is 0.0900. The van der Waals surface area contributed by atoms with Gasteiger partial charge in [-0.05, 0) is 48.5 Å². The van der Waals surface area contributed by atoms with Gasteiger partial charge in [-0.15, -0.1) is 0 Å². The molecule has 0 atom stereocenters. The quantitative estimate of drug-likeness (QED) is 0.519. The molecule has 0 saturated heterocycles. The fourth-order valence-electron chi connectivity index (χ4n) is 2.66. The van der Waals surface area contributed by atoms with Gasteiger partial charge in [0, 0.05) is 34.3 Å². The molecule has 1 aliphatic rings. The Kier molecular flexibility index (Phi) is 3.49. The molecule has 3 aromatic rings. The molecule has 0 unspecified atom stereocenters. The van der Waals surface area contributed by atoms with Crippen LogP contribution in [0, 0.1) is 11.8 Å². The molecular formula is C21H14N2O. The third kappa shape index (κ3) is 2.73. The fourth-order valence-corrected chi connectivity index (χ4v) is 2.66. The first kappa shape index (κ1) is 14.1. The Hall–Kier alpha value is -3.51. The topological polar surface area (TPSA) is 44.9 Å². The van der Waals surface area contributed by atoms with E-state index in [1.165, 1.54) is 0 Å². The number of nitrogens with one attached hydrogen (secondary N) is 2. The monoisotopic (exact) mass is 310 g/mol. The Morgan fingerprint density at radius 1 is 0.875 bits per heavy atom. The van der Waals surface area contributed by atoms with Gasteiger partial charge in [-0.2, -0.15) is 0 Å². The highest BCUT2D eigenvalue weighted by Gasteiger charge is 2.24. The molecule has 3 heteroatoms. The molecule has 2 heterocycles. The smallest absolute Gasteiger partial charge is 0.256 e. The standard InChI is InChI=1S/C21H14N2O/c24-21-19(14-17-7-4-12-22-17)18-13-16(10-11-20(18)23-21)9-8-15-5-2-1-3-6-15/h1-7,10-14,22H,(H,23,24). The maximum absolute atomic E-state index is 12.2. The van der Waals surface area contributed by atoms with Crippen LogP contribution >= 0.6 is 0 Å². The van der Waals surface area contributed by atoms with Gasteiger partial charge >= 0.3 is 0 Å². The second-order valence-electron chi connectivity index (χ2n) is 5.51. The summed E-state index contributed by atoms with van der Waals surface area (Å²) in [5.74, 6) is 6.21. The van der Waals surface area contributed by atoms with Crippen molar-refractivity contribution >= 4 is 23.2 Å². The van der Waals surface area contributed by atoms with E-state index in [1.807, 2.05) is 72.9 Å². The molecule has 1 amide bonds. The average Bonchev–Trinajstić information content (AvgIpc) is 3.23. The van der Waals surface area contributed by atoms with Gasteiger partial charge in [0.1, 0.15) is 0 Å². The fraction of sp³-hybridized carbons (Fsp3) is 0. The number of aromatic nitrogens is 1. The van der Waals surface area contributed by atoms with Crippen LogP contribution < -0.4 is 5.32 Å². The maximum atomic E-state index is 12.2. The number of fused-ring (bicyclic) bond motifs is 1. The number of amides is 1. The maximum Gasteiger partial charge on any atom is 0.256 e. The van der Waals surface area contributed by atoms with Crippen molar-refractivity contribution in [3.8, 4) is 11.8 Å². The van der Waals surface area contributed by atoms with Crippen LogP contribution in [-0.2, 0) is 4.79 Å². The van der Waals surface area contributed by atoms with Crippen molar-refractivity contribution in [1.29, 1.82) is 0 Å². The zero-order valence-electron chi connectivity index (χ0n) is 12.8. The number of H-pyrrole nitrogens is 1. The number of hydrogen-bond donors (Lipinski definition) is 2. The first-order valence-corrected chi connectivity index (χ1v) is 7.67. The minimum atomic E-state index is -0.0900. The summed E-state index contributed by atoms with van der Waals surface area (Å²) in [7, 11) is 0. The minimum Gasteiger partial charge on any atom is -0.362 e. The molecule has 1 aromatic heterocycles. The van der Waals surface area contributed by atoms with E-state index in [4.69, 9.17) is 0 Å². The number of hydrogen-bond acceptors (Lipinski definition) is 1. The molecule has 0 spiro atoms. The number of carbonyl (C=O) groups excluding carboxylic acids is 1. The first-order chi connectivity index (χ1) is 11.8. The van der Waals surface area contributed by atoms with Gasteiger partial charge in [0.15, 0.2) is 0 Å². The molecule has 114 valence electrons. The van der Waals surface area contributed by atoms with E-state index in [9.17, 15) is 4.79 Å². The molecule has 0 bridgehead atoms. The summed E-state index contributed by atoms with van der Waals surface area (Å²) in [5.41, 5.74) is 5.10. The van der Waals surface area contributed by atoms with Crippen LogP contribution in [0.2, 0.25) is 0 Å². The molecule has 24 heavy (non-hydrogen) atoms. The van der Waals surface area contributed by atoms with Crippen LogP contribution in [0.25, 0.3) is 11.6 Å². The Labute approximate surface area is 140 Å². The largest absolute Gasteiger partial charge is 0.362 e. The molecule has 0 fully saturated rings. The lowest BCUT2D eigenvalue weighted by Gasteiger charge is -1.99. The van der Waals surface area contributed by atoms with Gasteiger partial charge in [0.25, 0.3) is 5.91 Å². The summed E-state index contributed by atoms with van der Waals surface area (Å²) in [5, 5.41) is 2.89. The van der Waals surface area contributed by atoms with E-state index >= 15 is 0 Å². The Morgan fingerprint density at radius 2 is 1.71 bits per heavy atom. The molecule has 0 aliphatic carbocycles. The van der Waals surface area contributed by atoms with Crippen molar-refractivity contribution in [2.75, 3.05) is 5.32 Å². The van der Waals surface area contributed by atoms with E-state index in [1.54, 1.807) is 0 Å². The highest BCUT2D eigenvalue weighted by Crippen LogP contribution is 2.33. The Morgan fingerprint density at radius 3 is 2.50 bits per heavy atom. The lowest BCUT2D eigenvalue weighted by Crippen LogP contribution is -2.03. The molecule has 0 radical (unpaired) electrons. The molecule has 1 aliphatic heterocycles. The first-order valence-electron chi connectivity index (χ1n) is 7.67. The van der Waals surface area contributed by atoms with Crippen LogP contribution in [0.3, 0.4) is 0 Å². The van der Waals surface area contributed by atoms with Gasteiger partial charge in [0.05, 0.1) is 5.57 Å². The predicted octanol–water partition coefficient (Wildman–Crippen LogP) is 3.91. The zero-order valence-corrected chi connectivity index (χ0v) is 12.8. The Bertz CT molecular complexity index is 987. The summed E-state index contributed by atoms with van der Waals surface area (Å²) in [4.78, 5) is 15.3. The van der Waals surface area contributed by atoms with E-state index in [0.29, 0.717) is 5.57 Å². The van der Waals surface area contributed by atoms with Gasteiger partial charge in [-0.25, -0.2) is 0 Å². The second kappa shape index (κ2) is 5.94. The summed E-state index contributed by atoms with van der Waals surface area (Å²) in [6.07, 6.45) is 3.69. The zero-order chi connectivity index (χ0) is 16.4. The number of aromatic amines is 1. The summed E-state index contributed by atoms with van der Waals surface area (Å²) >= 11 is 0. The number of carbonyl (C=O) groups is 1. The number of benzene rings is 2. The van der Waals surface area contributed by atoms with Crippen molar-refractivity contribution in [2.45, 2.75) is 0 Å². The van der Waals surface area contributed by atoms with E-state index in [-0.39, 0.29) is 5.91 Å². The lowest BCUT2D eigenvalue weighted by molar-refractivity contribution is -0.110. The average molecular weight is 310 g/mol. The van der Waals surface area contributed by atoms with Gasteiger partial charge in [-0.1, -0.05) is 30.0 Å². The molecular weight excluding hydrogens is 296 g/mol. The highest BCUT2D eigenvalue weighted by atomic mass is 16.2. The van der Waals surface area contributed by atoms with Crippen LogP contribution in [0.1, 0.15) is 22.4 Å². The van der Waals surface area contributed by atoms with Gasteiger partial charge < -0.3 is 10.3 Å². The SMILES string of the molecule is O=C1Nc2ccc(C#Cc3ccccc3)cc2C1=Cc1ccc[nH]1. The van der Waals surface area contributed by atoms with Crippen molar-refractivity contribution in [1.82, 2.24) is 4.98 Å². The van der Waals surface area contributed by atoms with Crippen LogP contribution in [0.5, 0.6) is 0 Å². The summed E-state index contributed by atoms with van der Waals surface area (Å²) in [6.45, 7) is 0. The van der Waals surface area contributed by atoms with Crippen molar-refractivity contribution in [3.05, 3.63) is 89.2 Å². The molecule has 0 saturated carbocycles. The number of anilines is 1. The third-order valence-corrected chi connectivity index (χ3v) is 3.85. The van der Waals surface area contributed by atoms with E-state index in [0.717, 1.165) is 28.1 Å². The van der Waals surface area contributed by atoms with Crippen LogP contribution in [0.4, 0.5) is 5.69 Å². The van der Waals surface area contributed by atoms with Crippen molar-refractivity contribution < 1.29 is 4.79 Å². The summed E-state index contributed by atoms with van der Waals surface area (Å²) < 4.78 is 0. The Balaban J connectivity index is 1.72. The van der Waals surface area contributed by atoms with Gasteiger partial charge in [0.2, 0.25) is 0 Å². The van der Waals surface area contributed by atoms with Crippen molar-refractivity contribution in [3.63, 3.8) is 0 Å². The molecule has 3 nitrogen and oxygen atoms in total. The lowest BCUT2D eigenvalue weighted by atomic mass is 10.0. The third-order valence-electron chi connectivity index (χ3n) is 3.85. The molecule has 2 aromatic carbocycles. The van der Waals surface area contributed by atoms with E-state index in [2.05, 4.69) is 22.1 Å². The predicted molar refractivity (Wildman–Crippen MR) is 96.2 cm³/mol. The van der Waals surface area contributed by atoms with Crippen LogP contribution in [0.15, 0.2) is 66.9 Å². The normalized spacial score (nSPS) is 14.0. The van der Waals surface area contributed by atoms with Gasteiger partial charge in [-0.3, -0.25) is 4.79 Å². The second-order valence-corrected chi connectivity index (χ2v) is 5.51. The number of rotatable bonds is 1. The van der Waals surface area contributed by atoms with E-state index < -0.39 is 0 Å². The van der Waals surface area contributed by atoms with Crippen molar-refractivity contribution in [2.24, 2.45) is 0 Å². The molecule has 4 rings (SSSR count).